The van der Waals surface area contributed by atoms with Gasteiger partial charge in [0.05, 0.1) is 0 Å². The molecule has 1 atom stereocenters. The third kappa shape index (κ3) is 8.10. The third-order valence-corrected chi connectivity index (χ3v) is 6.66. The number of carboxylic acid groups (broad SMARTS) is 1. The topological polar surface area (TPSA) is 86.7 Å². The molecule has 1 aliphatic heterocycles. The second-order valence-corrected chi connectivity index (χ2v) is 9.69. The van der Waals surface area contributed by atoms with Gasteiger partial charge in [0.15, 0.2) is 0 Å². The summed E-state index contributed by atoms with van der Waals surface area (Å²) < 4.78 is 14.3. The number of hydrogen-bond acceptors (Lipinski definition) is 3. The number of halogens is 2. The molecule has 8 heteroatoms. The van der Waals surface area contributed by atoms with Gasteiger partial charge in [-0.15, -0.1) is 0 Å². The van der Waals surface area contributed by atoms with E-state index in [1.54, 1.807) is 11.0 Å². The van der Waals surface area contributed by atoms with Crippen LogP contribution in [-0.4, -0.2) is 46.9 Å². The van der Waals surface area contributed by atoms with Crippen molar-refractivity contribution >= 4 is 40.4 Å². The lowest BCUT2D eigenvalue weighted by Crippen LogP contribution is -2.44. The zero-order valence-electron chi connectivity index (χ0n) is 18.3. The molecule has 1 unspecified atom stereocenters. The van der Waals surface area contributed by atoms with Crippen LogP contribution in [0.5, 0.6) is 0 Å². The second-order valence-electron chi connectivity index (χ2n) is 8.45. The first-order chi connectivity index (χ1) is 15.8. The van der Waals surface area contributed by atoms with Crippen molar-refractivity contribution in [2.75, 3.05) is 13.1 Å². The molecule has 1 saturated heterocycles. The predicted molar refractivity (Wildman–Crippen MR) is 131 cm³/mol. The highest BCUT2D eigenvalue weighted by Gasteiger charge is 2.26. The van der Waals surface area contributed by atoms with Crippen molar-refractivity contribution in [1.82, 2.24) is 10.2 Å². The van der Waals surface area contributed by atoms with E-state index in [0.29, 0.717) is 38.8 Å². The molecule has 2 aromatic carbocycles. The highest BCUT2D eigenvalue weighted by molar-refractivity contribution is 14.1. The minimum atomic E-state index is -1.05. The maximum Gasteiger partial charge on any atom is 0.326 e. The van der Waals surface area contributed by atoms with Gasteiger partial charge in [-0.2, -0.15) is 0 Å². The summed E-state index contributed by atoms with van der Waals surface area (Å²) in [6, 6.07) is 12.9. The quantitative estimate of drug-likeness (QED) is 0.453. The monoisotopic (exact) mass is 566 g/mol. The largest absolute Gasteiger partial charge is 0.480 e. The lowest BCUT2D eigenvalue weighted by molar-refractivity contribution is -0.142. The summed E-state index contributed by atoms with van der Waals surface area (Å²) in [5, 5.41) is 12.2. The highest BCUT2D eigenvalue weighted by atomic mass is 127. The first-order valence-electron chi connectivity index (χ1n) is 11.1. The van der Waals surface area contributed by atoms with E-state index in [4.69, 9.17) is 0 Å². The number of carboxylic acids is 1. The van der Waals surface area contributed by atoms with Crippen LogP contribution >= 0.6 is 22.6 Å². The molecule has 0 spiro atoms. The molecule has 2 amide bonds. The van der Waals surface area contributed by atoms with Crippen molar-refractivity contribution in [3.63, 3.8) is 0 Å². The van der Waals surface area contributed by atoms with E-state index < -0.39 is 12.0 Å². The Bertz CT molecular complexity index is 975. The number of rotatable bonds is 9. The molecule has 0 bridgehead atoms. The Morgan fingerprint density at radius 1 is 1.09 bits per heavy atom. The predicted octanol–water partition coefficient (Wildman–Crippen LogP) is 3.80. The van der Waals surface area contributed by atoms with Crippen LogP contribution in [0.2, 0.25) is 0 Å². The van der Waals surface area contributed by atoms with Crippen LogP contribution < -0.4 is 5.32 Å². The smallest absolute Gasteiger partial charge is 0.326 e. The van der Waals surface area contributed by atoms with Crippen molar-refractivity contribution in [3.05, 3.63) is 69.0 Å². The number of carbonyl (C=O) groups is 3. The van der Waals surface area contributed by atoms with Gasteiger partial charge in [-0.25, -0.2) is 9.18 Å². The third-order valence-electron chi connectivity index (χ3n) is 5.94. The number of piperidine rings is 1. The van der Waals surface area contributed by atoms with Gasteiger partial charge < -0.3 is 15.3 Å². The average molecular weight is 566 g/mol. The molecule has 1 fully saturated rings. The number of benzene rings is 2. The number of nitrogens with zero attached hydrogens (tertiary/aromatic N) is 1. The van der Waals surface area contributed by atoms with Crippen LogP contribution in [0.4, 0.5) is 4.39 Å². The maximum atomic E-state index is 13.3. The van der Waals surface area contributed by atoms with Gasteiger partial charge in [0.25, 0.3) is 0 Å². The fourth-order valence-corrected chi connectivity index (χ4v) is 4.42. The normalized spacial score (nSPS) is 15.2. The Hall–Kier alpha value is -2.49. The van der Waals surface area contributed by atoms with Crippen LogP contribution in [0, 0.1) is 15.3 Å². The van der Waals surface area contributed by atoms with E-state index in [9.17, 15) is 23.9 Å². The van der Waals surface area contributed by atoms with Crippen LogP contribution in [0.1, 0.15) is 36.8 Å². The number of aryl methyl sites for hydroxylation is 1. The summed E-state index contributed by atoms with van der Waals surface area (Å²) >= 11 is 2.18. The van der Waals surface area contributed by atoms with Gasteiger partial charge in [-0.3, -0.25) is 9.59 Å². The minimum Gasteiger partial charge on any atom is -0.480 e. The minimum absolute atomic E-state index is 0.0330. The fraction of sp³-hybridized carbons (Fsp3) is 0.400. The van der Waals surface area contributed by atoms with E-state index in [1.165, 1.54) is 12.1 Å². The molecular formula is C25H28FIN2O4. The molecule has 0 saturated carbocycles. The first kappa shape index (κ1) is 25.1. The number of aliphatic carboxylic acids is 1. The zero-order chi connectivity index (χ0) is 23.8. The second kappa shape index (κ2) is 12.1. The van der Waals surface area contributed by atoms with Crippen LogP contribution in [0.3, 0.4) is 0 Å². The van der Waals surface area contributed by atoms with Gasteiger partial charge in [-0.05, 0) is 83.2 Å². The van der Waals surface area contributed by atoms with Gasteiger partial charge in [0.1, 0.15) is 11.9 Å². The molecule has 33 heavy (non-hydrogen) atoms. The molecule has 6 nitrogen and oxygen atoms in total. The summed E-state index contributed by atoms with van der Waals surface area (Å²) in [5.74, 6) is -1.48. The summed E-state index contributed by atoms with van der Waals surface area (Å²) in [7, 11) is 0. The van der Waals surface area contributed by atoms with Crippen LogP contribution in [-0.2, 0) is 27.2 Å². The molecule has 0 aromatic heterocycles. The SMILES string of the molecule is O=C(CC1CCN(C(=O)CCc2cccc(F)c2)CC1)NC(Cc1ccc(I)cc1)C(=O)O. The highest BCUT2D eigenvalue weighted by Crippen LogP contribution is 2.21. The summed E-state index contributed by atoms with van der Waals surface area (Å²) in [6.45, 7) is 1.15. The van der Waals surface area contributed by atoms with E-state index in [0.717, 1.165) is 14.7 Å². The maximum absolute atomic E-state index is 13.3. The van der Waals surface area contributed by atoms with E-state index >= 15 is 0 Å². The number of likely N-dealkylation sites (tertiary alicyclic amines) is 1. The van der Waals surface area contributed by atoms with Crippen LogP contribution in [0.25, 0.3) is 0 Å². The molecule has 1 heterocycles. The zero-order valence-corrected chi connectivity index (χ0v) is 20.5. The molecule has 0 radical (unpaired) electrons. The lowest BCUT2D eigenvalue weighted by Gasteiger charge is -2.32. The van der Waals surface area contributed by atoms with Crippen molar-refractivity contribution in [1.29, 1.82) is 0 Å². The van der Waals surface area contributed by atoms with Crippen molar-refractivity contribution in [2.24, 2.45) is 5.92 Å². The molecule has 3 rings (SSSR count). The van der Waals surface area contributed by atoms with Gasteiger partial charge in [0, 0.05) is 35.9 Å². The Kier molecular flexibility index (Phi) is 9.22. The Labute approximate surface area is 206 Å². The van der Waals surface area contributed by atoms with E-state index in [1.807, 2.05) is 30.3 Å². The number of carbonyl (C=O) groups excluding carboxylic acids is 2. The Balaban J connectivity index is 1.41. The summed E-state index contributed by atoms with van der Waals surface area (Å²) in [6.07, 6.45) is 2.71. The Morgan fingerprint density at radius 2 is 1.79 bits per heavy atom. The fourth-order valence-electron chi connectivity index (χ4n) is 4.06. The number of nitrogens with one attached hydrogen (secondary N) is 1. The van der Waals surface area contributed by atoms with Crippen molar-refractivity contribution in [2.45, 2.75) is 44.6 Å². The standard InChI is InChI=1S/C25H28FIN2O4/c26-20-3-1-2-17(14-20)6-9-24(31)29-12-10-19(11-13-29)16-23(30)28-22(25(32)33)15-18-4-7-21(27)8-5-18/h1-5,7-8,14,19,22H,6,9-13,15-16H2,(H,28,30)(H,32,33). The number of hydrogen-bond donors (Lipinski definition) is 2. The van der Waals surface area contributed by atoms with E-state index in [-0.39, 0.29) is 36.4 Å². The molecule has 0 aliphatic carbocycles. The van der Waals surface area contributed by atoms with Crippen molar-refractivity contribution in [3.8, 4) is 0 Å². The molecular weight excluding hydrogens is 538 g/mol. The summed E-state index contributed by atoms with van der Waals surface area (Å²) in [4.78, 5) is 38.4. The molecule has 1 aliphatic rings. The van der Waals surface area contributed by atoms with E-state index in [2.05, 4.69) is 27.9 Å². The lowest BCUT2D eigenvalue weighted by atomic mass is 9.92. The first-order valence-corrected chi connectivity index (χ1v) is 12.2. The molecule has 2 aromatic rings. The van der Waals surface area contributed by atoms with Gasteiger partial charge in [-0.1, -0.05) is 24.3 Å². The molecule has 2 N–H and O–H groups in total. The van der Waals surface area contributed by atoms with Crippen LogP contribution in [0.15, 0.2) is 48.5 Å². The van der Waals surface area contributed by atoms with Gasteiger partial charge >= 0.3 is 5.97 Å². The Morgan fingerprint density at radius 3 is 2.42 bits per heavy atom. The van der Waals surface area contributed by atoms with Crippen molar-refractivity contribution < 1.29 is 23.9 Å². The number of amides is 2. The summed E-state index contributed by atoms with van der Waals surface area (Å²) in [5.41, 5.74) is 1.65. The van der Waals surface area contributed by atoms with Gasteiger partial charge in [0.2, 0.25) is 11.8 Å². The molecule has 176 valence electrons. The average Bonchev–Trinajstić information content (AvgIpc) is 2.79.